The molecule has 0 aliphatic heterocycles. The standard InChI is InChI=1S/C9H13NO4S/c1-7(2)5-10-15(12,13)9-4-3-8(6-11)14-9/h3-4,6-7,10H,5H2,1-2H3. The molecule has 0 atom stereocenters. The summed E-state index contributed by atoms with van der Waals surface area (Å²) in [4.78, 5) is 10.3. The van der Waals surface area contributed by atoms with E-state index in [1.807, 2.05) is 13.8 Å². The van der Waals surface area contributed by atoms with Crippen LogP contribution in [0.3, 0.4) is 0 Å². The van der Waals surface area contributed by atoms with Crippen LogP contribution in [0, 0.1) is 5.92 Å². The molecule has 0 spiro atoms. The Hall–Kier alpha value is -1.14. The third kappa shape index (κ3) is 3.17. The lowest BCUT2D eigenvalue weighted by molar-refractivity contribution is 0.109. The van der Waals surface area contributed by atoms with Gasteiger partial charge in [-0.25, -0.2) is 13.1 Å². The molecule has 5 nitrogen and oxygen atoms in total. The van der Waals surface area contributed by atoms with Crippen molar-refractivity contribution in [1.29, 1.82) is 0 Å². The molecule has 0 saturated carbocycles. The van der Waals surface area contributed by atoms with Crippen molar-refractivity contribution in [2.75, 3.05) is 6.54 Å². The summed E-state index contributed by atoms with van der Waals surface area (Å²) in [6.07, 6.45) is 0.460. The van der Waals surface area contributed by atoms with E-state index in [0.717, 1.165) is 0 Å². The molecule has 0 amide bonds. The molecule has 0 unspecified atom stereocenters. The summed E-state index contributed by atoms with van der Waals surface area (Å²) < 4.78 is 30.3. The van der Waals surface area contributed by atoms with Crippen LogP contribution in [0.2, 0.25) is 0 Å². The fourth-order valence-electron chi connectivity index (χ4n) is 0.890. The van der Waals surface area contributed by atoms with Gasteiger partial charge in [0, 0.05) is 6.54 Å². The Morgan fingerprint density at radius 2 is 2.13 bits per heavy atom. The number of nitrogens with one attached hydrogen (secondary N) is 1. The predicted octanol–water partition coefficient (Wildman–Crippen LogP) is 1.03. The molecular formula is C9H13NO4S. The Kier molecular flexibility index (Phi) is 3.65. The molecule has 1 aromatic rings. The average molecular weight is 231 g/mol. The molecular weight excluding hydrogens is 218 g/mol. The maximum absolute atomic E-state index is 11.5. The summed E-state index contributed by atoms with van der Waals surface area (Å²) >= 11 is 0. The lowest BCUT2D eigenvalue weighted by Gasteiger charge is -2.05. The zero-order valence-electron chi connectivity index (χ0n) is 8.56. The Labute approximate surface area is 88.5 Å². The highest BCUT2D eigenvalue weighted by Crippen LogP contribution is 2.12. The largest absolute Gasteiger partial charge is 0.440 e. The third-order valence-electron chi connectivity index (χ3n) is 1.66. The van der Waals surface area contributed by atoms with E-state index in [1.54, 1.807) is 0 Å². The van der Waals surface area contributed by atoms with Gasteiger partial charge in [0.2, 0.25) is 5.09 Å². The molecule has 0 fully saturated rings. The predicted molar refractivity (Wildman–Crippen MR) is 54.1 cm³/mol. The highest BCUT2D eigenvalue weighted by atomic mass is 32.2. The number of sulfonamides is 1. The fourth-order valence-corrected chi connectivity index (χ4v) is 2.04. The number of rotatable bonds is 5. The molecule has 1 rings (SSSR count). The van der Waals surface area contributed by atoms with Crippen LogP contribution in [-0.2, 0) is 10.0 Å². The van der Waals surface area contributed by atoms with Crippen molar-refractivity contribution in [3.05, 3.63) is 17.9 Å². The van der Waals surface area contributed by atoms with Crippen molar-refractivity contribution in [2.24, 2.45) is 5.92 Å². The number of carbonyl (C=O) groups is 1. The normalized spacial score (nSPS) is 11.9. The van der Waals surface area contributed by atoms with Gasteiger partial charge in [-0.2, -0.15) is 0 Å². The van der Waals surface area contributed by atoms with E-state index in [-0.39, 0.29) is 16.8 Å². The van der Waals surface area contributed by atoms with Crippen LogP contribution in [0.1, 0.15) is 24.4 Å². The van der Waals surface area contributed by atoms with Crippen molar-refractivity contribution in [3.8, 4) is 0 Å². The van der Waals surface area contributed by atoms with Gasteiger partial charge in [0.15, 0.2) is 12.0 Å². The highest BCUT2D eigenvalue weighted by molar-refractivity contribution is 7.89. The number of aldehydes is 1. The van der Waals surface area contributed by atoms with Gasteiger partial charge in [0.25, 0.3) is 10.0 Å². The molecule has 0 bridgehead atoms. The Morgan fingerprint density at radius 1 is 1.47 bits per heavy atom. The van der Waals surface area contributed by atoms with Crippen LogP contribution in [0.5, 0.6) is 0 Å². The topological polar surface area (TPSA) is 76.4 Å². The minimum atomic E-state index is -3.62. The summed E-state index contributed by atoms with van der Waals surface area (Å²) in [7, 11) is -3.62. The second-order valence-corrected chi connectivity index (χ2v) is 5.22. The molecule has 84 valence electrons. The van der Waals surface area contributed by atoms with Crippen LogP contribution < -0.4 is 4.72 Å². The number of hydrogen-bond acceptors (Lipinski definition) is 4. The fraction of sp³-hybridized carbons (Fsp3) is 0.444. The lowest BCUT2D eigenvalue weighted by Crippen LogP contribution is -2.27. The van der Waals surface area contributed by atoms with Gasteiger partial charge >= 0.3 is 0 Å². The molecule has 1 heterocycles. The van der Waals surface area contributed by atoms with Gasteiger partial charge in [0.05, 0.1) is 0 Å². The number of furan rings is 1. The molecule has 15 heavy (non-hydrogen) atoms. The van der Waals surface area contributed by atoms with E-state index >= 15 is 0 Å². The first-order valence-corrected chi connectivity index (χ1v) is 5.98. The zero-order chi connectivity index (χ0) is 11.5. The SMILES string of the molecule is CC(C)CNS(=O)(=O)c1ccc(C=O)o1. The van der Waals surface area contributed by atoms with Crippen LogP contribution in [0.15, 0.2) is 21.6 Å². The second kappa shape index (κ2) is 4.59. The number of hydrogen-bond donors (Lipinski definition) is 1. The van der Waals surface area contributed by atoms with Gasteiger partial charge in [-0.05, 0) is 18.1 Å². The Balaban J connectivity index is 2.81. The second-order valence-electron chi connectivity index (χ2n) is 3.52. The van der Waals surface area contributed by atoms with Gasteiger partial charge in [-0.3, -0.25) is 4.79 Å². The molecule has 0 aliphatic rings. The summed E-state index contributed by atoms with van der Waals surface area (Å²) in [5.74, 6) is 0.209. The Bertz CT molecular complexity index is 433. The first kappa shape index (κ1) is 11.9. The average Bonchev–Trinajstić information content (AvgIpc) is 2.63. The summed E-state index contributed by atoms with van der Waals surface area (Å²) in [6, 6.07) is 2.57. The van der Waals surface area contributed by atoms with E-state index in [9.17, 15) is 13.2 Å². The minimum absolute atomic E-state index is 0.0000723. The molecule has 0 aliphatic carbocycles. The third-order valence-corrected chi connectivity index (χ3v) is 2.96. The van der Waals surface area contributed by atoms with E-state index in [0.29, 0.717) is 12.8 Å². The first-order chi connectivity index (χ1) is 6.95. The van der Waals surface area contributed by atoms with E-state index in [2.05, 4.69) is 4.72 Å². The van der Waals surface area contributed by atoms with Crippen molar-refractivity contribution in [2.45, 2.75) is 18.9 Å². The maximum Gasteiger partial charge on any atom is 0.273 e. The lowest BCUT2D eigenvalue weighted by atomic mass is 10.2. The minimum Gasteiger partial charge on any atom is -0.440 e. The molecule has 0 saturated heterocycles. The summed E-state index contributed by atoms with van der Waals surface area (Å²) in [5, 5.41) is -0.231. The van der Waals surface area contributed by atoms with Gasteiger partial charge in [-0.1, -0.05) is 13.8 Å². The zero-order valence-corrected chi connectivity index (χ0v) is 9.37. The Morgan fingerprint density at radius 3 is 2.60 bits per heavy atom. The van der Waals surface area contributed by atoms with Crippen molar-refractivity contribution in [1.82, 2.24) is 4.72 Å². The van der Waals surface area contributed by atoms with Gasteiger partial charge < -0.3 is 4.42 Å². The smallest absolute Gasteiger partial charge is 0.273 e. The van der Waals surface area contributed by atoms with Gasteiger partial charge in [-0.15, -0.1) is 0 Å². The van der Waals surface area contributed by atoms with Crippen molar-refractivity contribution in [3.63, 3.8) is 0 Å². The first-order valence-electron chi connectivity index (χ1n) is 4.50. The van der Waals surface area contributed by atoms with Crippen molar-refractivity contribution < 1.29 is 17.6 Å². The van der Waals surface area contributed by atoms with Crippen LogP contribution in [0.4, 0.5) is 0 Å². The molecule has 6 heteroatoms. The van der Waals surface area contributed by atoms with Crippen LogP contribution in [-0.4, -0.2) is 21.2 Å². The maximum atomic E-state index is 11.5. The molecule has 0 radical (unpaired) electrons. The van der Waals surface area contributed by atoms with Crippen LogP contribution in [0.25, 0.3) is 0 Å². The quantitative estimate of drug-likeness (QED) is 0.768. The molecule has 1 aromatic heterocycles. The number of carbonyl (C=O) groups excluding carboxylic acids is 1. The van der Waals surface area contributed by atoms with Crippen LogP contribution >= 0.6 is 0 Å². The monoisotopic (exact) mass is 231 g/mol. The van der Waals surface area contributed by atoms with E-state index in [1.165, 1.54) is 12.1 Å². The summed E-state index contributed by atoms with van der Waals surface area (Å²) in [6.45, 7) is 4.11. The van der Waals surface area contributed by atoms with Gasteiger partial charge in [0.1, 0.15) is 0 Å². The van der Waals surface area contributed by atoms with Crippen molar-refractivity contribution >= 4 is 16.3 Å². The molecule has 1 N–H and O–H groups in total. The molecule has 0 aromatic carbocycles. The van der Waals surface area contributed by atoms with E-state index < -0.39 is 10.0 Å². The van der Waals surface area contributed by atoms with E-state index in [4.69, 9.17) is 4.42 Å². The summed E-state index contributed by atoms with van der Waals surface area (Å²) in [5.41, 5.74) is 0. The highest BCUT2D eigenvalue weighted by Gasteiger charge is 2.18.